The highest BCUT2D eigenvalue weighted by Gasteiger charge is 2.26. The number of nitrogens with zero attached hydrogens (tertiary/aromatic N) is 17. The van der Waals surface area contributed by atoms with Crippen molar-refractivity contribution in [1.82, 2.24) is 68.9 Å². The molecule has 28 heteroatoms. The number of nitrogen functional groups attached to an aromatic ring is 2. The number of hydrogen-bond donors (Lipinski definition) is 4. The number of aromatic nitrogens is 8. The number of amides is 5. The van der Waals surface area contributed by atoms with Crippen molar-refractivity contribution in [3.05, 3.63) is 150 Å². The minimum Gasteiger partial charge on any atom is -0.399 e. The zero-order valence-corrected chi connectivity index (χ0v) is 59.1. The summed E-state index contributed by atoms with van der Waals surface area (Å²) in [5.74, 6) is 1.53. The summed E-state index contributed by atoms with van der Waals surface area (Å²) >= 11 is 0. The molecule has 9 aromatic rings. The van der Waals surface area contributed by atoms with Crippen LogP contribution in [0.5, 0.6) is 0 Å². The highest BCUT2D eigenvalue weighted by atomic mass is 16.5. The lowest BCUT2D eigenvalue weighted by molar-refractivity contribution is 0.0657. The van der Waals surface area contributed by atoms with Crippen LogP contribution in [0, 0.1) is 0 Å². The summed E-state index contributed by atoms with van der Waals surface area (Å²) in [5.41, 5.74) is 21.8. The van der Waals surface area contributed by atoms with E-state index in [2.05, 4.69) is 92.1 Å². The molecular weight excluding hydrogens is 1290 g/mol. The Labute approximate surface area is 593 Å². The molecule has 102 heavy (non-hydrogen) atoms. The molecule has 6 N–H and O–H groups in total. The molecule has 0 atom stereocenters. The molecule has 0 aliphatic carbocycles. The number of hydrogen-bond acceptors (Lipinski definition) is 21. The van der Waals surface area contributed by atoms with Gasteiger partial charge in [0, 0.05) is 167 Å². The van der Waals surface area contributed by atoms with Gasteiger partial charge in [0.1, 0.15) is 0 Å². The first-order valence-corrected chi connectivity index (χ1v) is 34.6. The Hall–Kier alpha value is -10.7. The lowest BCUT2D eigenvalue weighted by Crippen LogP contribution is -2.47. The van der Waals surface area contributed by atoms with Gasteiger partial charge < -0.3 is 70.8 Å². The van der Waals surface area contributed by atoms with Crippen LogP contribution < -0.4 is 31.9 Å². The average Bonchev–Trinajstić information content (AvgIpc) is 1.58. The van der Waals surface area contributed by atoms with Crippen molar-refractivity contribution >= 4 is 92.2 Å². The largest absolute Gasteiger partial charge is 0.399 e. The molecule has 5 amide bonds. The Balaban J connectivity index is 0.000000149. The van der Waals surface area contributed by atoms with Gasteiger partial charge in [0.15, 0.2) is 11.3 Å². The van der Waals surface area contributed by atoms with Crippen LogP contribution in [0.2, 0.25) is 0 Å². The maximum Gasteiger partial charge on any atom is 0.323 e. The molecule has 5 aliphatic heterocycles. The third-order valence-corrected chi connectivity index (χ3v) is 18.3. The number of rotatable bonds is 12. The van der Waals surface area contributed by atoms with Gasteiger partial charge in [-0.05, 0) is 146 Å². The summed E-state index contributed by atoms with van der Waals surface area (Å²) < 4.78 is 14.8. The Bertz CT molecular complexity index is 4340. The van der Waals surface area contributed by atoms with Gasteiger partial charge >= 0.3 is 6.03 Å². The summed E-state index contributed by atoms with van der Waals surface area (Å²) in [6.07, 6.45) is 5.14. The van der Waals surface area contributed by atoms with Crippen LogP contribution >= 0.6 is 0 Å². The minimum atomic E-state index is -0.372. The number of morpholine rings is 2. The fourth-order valence-corrected chi connectivity index (χ4v) is 12.1. The lowest BCUT2D eigenvalue weighted by Gasteiger charge is -2.32. The van der Waals surface area contributed by atoms with Gasteiger partial charge in [0.05, 0.1) is 66.7 Å². The second-order valence-electron chi connectivity index (χ2n) is 26.3. The van der Waals surface area contributed by atoms with E-state index < -0.39 is 0 Å². The molecular formula is C74H91N21O7. The van der Waals surface area contributed by atoms with E-state index in [1.807, 2.05) is 92.0 Å². The molecule has 9 heterocycles. The van der Waals surface area contributed by atoms with Gasteiger partial charge in [0.25, 0.3) is 17.7 Å². The Morgan fingerprint density at radius 3 is 1.12 bits per heavy atom. The number of carbonyl (C=O) groups is 4. The van der Waals surface area contributed by atoms with E-state index in [4.69, 9.17) is 40.9 Å². The number of piperazine rings is 3. The van der Waals surface area contributed by atoms with Gasteiger partial charge in [-0.15, -0.1) is 0 Å². The number of urea groups is 1. The topological polar surface area (TPSA) is 305 Å². The molecule has 5 aromatic carbocycles. The van der Waals surface area contributed by atoms with Crippen molar-refractivity contribution in [3.8, 4) is 22.5 Å². The zero-order chi connectivity index (χ0) is 71.8. The quantitative estimate of drug-likeness (QED) is 0.0509. The Morgan fingerprint density at radius 2 is 0.765 bits per heavy atom. The van der Waals surface area contributed by atoms with Crippen molar-refractivity contribution in [2.24, 2.45) is 4.99 Å². The van der Waals surface area contributed by atoms with E-state index in [-0.39, 0.29) is 35.8 Å². The Kier molecular flexibility index (Phi) is 24.2. The zero-order valence-electron chi connectivity index (χ0n) is 59.1. The molecule has 534 valence electrons. The van der Waals surface area contributed by atoms with E-state index in [1.54, 1.807) is 72.8 Å². The standard InChI is InChI=1S/C31H37N9O3.C18H22N6O.C13H15N3O2.C12H17N3O/c1-21(2)40-28-26(20-32-40)27(35-30(36-28)39-16-18-43-19-17-39)22-4-8-24(9-5-22)33-31(42)34-25-10-6-23(7-11-25)29(41)38-14-12-37(3)13-15-38;1-12(2)24-17-15(11-20-24)16(13-3-5-14(19)6-4-13)21-18(22-17)23-7-9-25-10-8-23;1-15-6-8-16(9-7-15)13(18)11-2-4-12(5-3-11)14-10-17;1-14-6-8-15(9-7-14)12(16)10-2-4-11(13)5-3-10/h4-11,20-21H,12-19H2,1-3H3,(H2,33,34,42);3-6,11-12H,7-10,19H2,1-2H3;2-5H,6-9H2,1H3;2-5H,6-9,13H2,1H3. The average molecular weight is 1390 g/mol. The number of aliphatic imine (C=N–C) groups is 1. The first-order valence-electron chi connectivity index (χ1n) is 34.6. The monoisotopic (exact) mass is 1390 g/mol. The summed E-state index contributed by atoms with van der Waals surface area (Å²) in [7, 11) is 6.18. The molecule has 28 nitrogen and oxygen atoms in total. The molecule has 0 spiro atoms. The van der Waals surface area contributed by atoms with E-state index in [9.17, 15) is 24.0 Å². The SMILES string of the molecule is CC(C)n1ncc2c(-c3ccc(N)cc3)nc(N3CCOCC3)nc21.CC(C)n1ncc2c(-c3ccc(NC(=O)Nc4ccc(C(=O)N5CCN(C)CC5)cc4)cc3)nc(N3CCOCC3)nc21.CN1CCN(C(=O)c2ccc(N)cc2)CC1.CN1CCN(C(=O)c2ccc(N=C=O)cc2)CC1. The van der Waals surface area contributed by atoms with Crippen LogP contribution in [0.4, 0.5) is 45.1 Å². The van der Waals surface area contributed by atoms with E-state index in [0.717, 1.165) is 166 Å². The van der Waals surface area contributed by atoms with Gasteiger partial charge in [-0.2, -0.15) is 25.2 Å². The van der Waals surface area contributed by atoms with Gasteiger partial charge in [-0.1, -0.05) is 24.3 Å². The van der Waals surface area contributed by atoms with Crippen LogP contribution in [-0.2, 0) is 14.3 Å². The molecule has 0 bridgehead atoms. The lowest BCUT2D eigenvalue weighted by atomic mass is 10.1. The van der Waals surface area contributed by atoms with Crippen LogP contribution in [0.3, 0.4) is 0 Å². The van der Waals surface area contributed by atoms with Crippen molar-refractivity contribution in [3.63, 3.8) is 0 Å². The van der Waals surface area contributed by atoms with Crippen LogP contribution in [0.25, 0.3) is 44.6 Å². The first-order chi connectivity index (χ1) is 49.3. The van der Waals surface area contributed by atoms with Crippen LogP contribution in [0.15, 0.2) is 139 Å². The number of benzene rings is 5. The smallest absolute Gasteiger partial charge is 0.323 e. The second kappa shape index (κ2) is 34.1. The van der Waals surface area contributed by atoms with Gasteiger partial charge in [-0.3, -0.25) is 14.4 Å². The highest BCUT2D eigenvalue weighted by Crippen LogP contribution is 2.33. The summed E-state index contributed by atoms with van der Waals surface area (Å²) in [6, 6.07) is 36.1. The number of fused-ring (bicyclic) bond motifs is 2. The minimum absolute atomic E-state index is 0.0128. The van der Waals surface area contributed by atoms with Gasteiger partial charge in [-0.25, -0.2) is 28.9 Å². The molecule has 14 rings (SSSR count). The molecule has 4 aromatic heterocycles. The van der Waals surface area contributed by atoms with Crippen LogP contribution in [-0.4, -0.2) is 251 Å². The van der Waals surface area contributed by atoms with E-state index in [1.165, 1.54) is 6.08 Å². The fraction of sp³-hybridized carbons (Fsp3) is 0.392. The third-order valence-electron chi connectivity index (χ3n) is 18.3. The molecule has 0 saturated carbocycles. The second-order valence-corrected chi connectivity index (χ2v) is 26.3. The molecule has 5 aliphatic rings. The predicted octanol–water partition coefficient (Wildman–Crippen LogP) is 8.13. The van der Waals surface area contributed by atoms with Crippen molar-refractivity contribution in [2.75, 3.05) is 184 Å². The molecule has 5 fully saturated rings. The number of nitrogens with two attached hydrogens (primary N) is 2. The van der Waals surface area contributed by atoms with Crippen molar-refractivity contribution in [1.29, 1.82) is 0 Å². The maximum absolute atomic E-state index is 12.8. The summed E-state index contributed by atoms with van der Waals surface area (Å²) in [5, 5.41) is 16.7. The van der Waals surface area contributed by atoms with Crippen molar-refractivity contribution in [2.45, 2.75) is 39.8 Å². The third kappa shape index (κ3) is 18.4. The van der Waals surface area contributed by atoms with E-state index in [0.29, 0.717) is 66.3 Å². The first kappa shape index (κ1) is 72.5. The number of anilines is 6. The van der Waals surface area contributed by atoms with Crippen molar-refractivity contribution < 1.29 is 33.4 Å². The molecule has 5 saturated heterocycles. The fourth-order valence-electron chi connectivity index (χ4n) is 12.1. The molecule has 0 radical (unpaired) electrons. The maximum atomic E-state index is 12.8. The number of carbonyl (C=O) groups excluding carboxylic acids is 5. The van der Waals surface area contributed by atoms with Gasteiger partial charge in [0.2, 0.25) is 18.0 Å². The number of ether oxygens (including phenoxy) is 2. The molecule has 0 unspecified atom stereocenters. The number of isocyanates is 1. The number of likely N-dealkylation sites (N-methyl/N-ethyl adjacent to an activating group) is 3. The predicted molar refractivity (Wildman–Crippen MR) is 397 cm³/mol. The van der Waals surface area contributed by atoms with Crippen LogP contribution in [0.1, 0.15) is 70.9 Å². The highest BCUT2D eigenvalue weighted by molar-refractivity contribution is 6.01. The summed E-state index contributed by atoms with van der Waals surface area (Å²) in [4.78, 5) is 99.5. The summed E-state index contributed by atoms with van der Waals surface area (Å²) in [6.45, 7) is 24.1. The normalized spacial score (nSPS) is 16.1. The van der Waals surface area contributed by atoms with E-state index >= 15 is 0 Å². The Morgan fingerprint density at radius 1 is 0.441 bits per heavy atom. The number of nitrogens with one attached hydrogen (secondary N) is 2.